The average Bonchev–Trinajstić information content (AvgIpc) is 2.85. The van der Waals surface area contributed by atoms with Gasteiger partial charge in [-0.25, -0.2) is 0 Å². The molecule has 0 saturated carbocycles. The third-order valence-corrected chi connectivity index (χ3v) is 4.06. The largest absolute Gasteiger partial charge is 0.493 e. The van der Waals surface area contributed by atoms with E-state index in [0.717, 1.165) is 28.9 Å². The number of benzene rings is 1. The van der Waals surface area contributed by atoms with Crippen molar-refractivity contribution in [2.45, 2.75) is 45.3 Å². The van der Waals surface area contributed by atoms with Crippen LogP contribution in [0.3, 0.4) is 0 Å². The maximum atomic E-state index is 5.83. The zero-order chi connectivity index (χ0) is 13.8. The normalized spacial score (nSPS) is 18.9. The van der Waals surface area contributed by atoms with E-state index in [1.165, 1.54) is 18.4 Å². The van der Waals surface area contributed by atoms with Crippen LogP contribution in [-0.2, 0) is 6.42 Å². The lowest BCUT2D eigenvalue weighted by Crippen LogP contribution is -2.23. The maximum absolute atomic E-state index is 5.83. The second-order valence-corrected chi connectivity index (χ2v) is 6.11. The predicted molar refractivity (Wildman–Crippen MR) is 81.2 cm³/mol. The molecular formula is C15H22BrNO2. The van der Waals surface area contributed by atoms with Gasteiger partial charge < -0.3 is 14.8 Å². The van der Waals surface area contributed by atoms with Gasteiger partial charge in [-0.2, -0.15) is 0 Å². The molecule has 1 saturated heterocycles. The van der Waals surface area contributed by atoms with Gasteiger partial charge in [0.2, 0.25) is 0 Å². The van der Waals surface area contributed by atoms with Gasteiger partial charge in [-0.1, -0.05) is 15.9 Å². The zero-order valence-electron chi connectivity index (χ0n) is 11.8. The van der Waals surface area contributed by atoms with Crippen molar-refractivity contribution in [3.63, 3.8) is 0 Å². The van der Waals surface area contributed by atoms with Crippen LogP contribution in [0.25, 0.3) is 0 Å². The monoisotopic (exact) mass is 327 g/mol. The predicted octanol–water partition coefficient (Wildman–Crippen LogP) is 3.54. The molecule has 1 unspecified atom stereocenters. The number of ether oxygens (including phenoxy) is 2. The number of hydrogen-bond acceptors (Lipinski definition) is 3. The van der Waals surface area contributed by atoms with Gasteiger partial charge >= 0.3 is 0 Å². The highest BCUT2D eigenvalue weighted by Gasteiger charge is 2.18. The minimum atomic E-state index is 0.146. The standard InChI is InChI=1S/C15H22BrNO2/c1-10(2)19-15-8-11(7-12-5-4-6-17-12)13(16)9-14(15)18-3/h8-10,12,17H,4-7H2,1-3H3. The highest BCUT2D eigenvalue weighted by atomic mass is 79.9. The fourth-order valence-corrected chi connectivity index (χ4v) is 2.92. The summed E-state index contributed by atoms with van der Waals surface area (Å²) in [6.45, 7) is 5.19. The molecule has 0 aromatic heterocycles. The first-order valence-corrected chi connectivity index (χ1v) is 7.66. The third kappa shape index (κ3) is 3.86. The number of methoxy groups -OCH3 is 1. The topological polar surface area (TPSA) is 30.5 Å². The molecule has 0 aliphatic carbocycles. The summed E-state index contributed by atoms with van der Waals surface area (Å²) < 4.78 is 12.3. The van der Waals surface area contributed by atoms with Crippen LogP contribution >= 0.6 is 15.9 Å². The van der Waals surface area contributed by atoms with Crippen molar-refractivity contribution in [1.82, 2.24) is 5.32 Å². The van der Waals surface area contributed by atoms with Crippen molar-refractivity contribution >= 4 is 15.9 Å². The Morgan fingerprint density at radius 1 is 1.37 bits per heavy atom. The molecule has 106 valence electrons. The Balaban J connectivity index is 2.21. The first kappa shape index (κ1) is 14.7. The quantitative estimate of drug-likeness (QED) is 0.897. The van der Waals surface area contributed by atoms with E-state index in [4.69, 9.17) is 9.47 Å². The Bertz CT molecular complexity index is 428. The Morgan fingerprint density at radius 3 is 2.74 bits per heavy atom. The molecule has 1 atom stereocenters. The minimum absolute atomic E-state index is 0.146. The van der Waals surface area contributed by atoms with E-state index in [2.05, 4.69) is 27.3 Å². The van der Waals surface area contributed by atoms with Gasteiger partial charge in [0.1, 0.15) is 0 Å². The van der Waals surface area contributed by atoms with Crippen LogP contribution < -0.4 is 14.8 Å². The number of rotatable bonds is 5. The van der Waals surface area contributed by atoms with E-state index in [1.807, 2.05) is 19.9 Å². The maximum Gasteiger partial charge on any atom is 0.161 e. The van der Waals surface area contributed by atoms with Gasteiger partial charge in [0.15, 0.2) is 11.5 Å². The molecule has 1 heterocycles. The van der Waals surface area contributed by atoms with Gasteiger partial charge in [-0.05, 0) is 57.4 Å². The summed E-state index contributed by atoms with van der Waals surface area (Å²) in [4.78, 5) is 0. The van der Waals surface area contributed by atoms with Crippen molar-refractivity contribution < 1.29 is 9.47 Å². The van der Waals surface area contributed by atoms with Crippen LogP contribution in [0.15, 0.2) is 16.6 Å². The molecule has 0 spiro atoms. The molecule has 4 heteroatoms. The minimum Gasteiger partial charge on any atom is -0.493 e. The Kier molecular flexibility index (Phi) is 5.11. The molecular weight excluding hydrogens is 306 g/mol. The fraction of sp³-hybridized carbons (Fsp3) is 0.600. The van der Waals surface area contributed by atoms with Crippen molar-refractivity contribution in [2.75, 3.05) is 13.7 Å². The van der Waals surface area contributed by atoms with E-state index < -0.39 is 0 Å². The highest BCUT2D eigenvalue weighted by molar-refractivity contribution is 9.10. The molecule has 1 aliphatic rings. The van der Waals surface area contributed by atoms with Crippen LogP contribution in [0.2, 0.25) is 0 Å². The molecule has 1 fully saturated rings. The summed E-state index contributed by atoms with van der Waals surface area (Å²) in [6.07, 6.45) is 3.69. The molecule has 2 rings (SSSR count). The van der Waals surface area contributed by atoms with Gasteiger partial charge in [-0.15, -0.1) is 0 Å². The van der Waals surface area contributed by atoms with E-state index in [0.29, 0.717) is 6.04 Å². The lowest BCUT2D eigenvalue weighted by molar-refractivity contribution is 0.230. The van der Waals surface area contributed by atoms with Gasteiger partial charge in [0, 0.05) is 10.5 Å². The van der Waals surface area contributed by atoms with E-state index in [-0.39, 0.29) is 6.10 Å². The smallest absolute Gasteiger partial charge is 0.161 e. The van der Waals surface area contributed by atoms with Crippen molar-refractivity contribution in [3.05, 3.63) is 22.2 Å². The number of nitrogens with one attached hydrogen (secondary N) is 1. The van der Waals surface area contributed by atoms with Crippen molar-refractivity contribution in [3.8, 4) is 11.5 Å². The summed E-state index contributed by atoms with van der Waals surface area (Å²) >= 11 is 3.63. The van der Waals surface area contributed by atoms with Gasteiger partial charge in [-0.3, -0.25) is 0 Å². The molecule has 0 radical (unpaired) electrons. The zero-order valence-corrected chi connectivity index (χ0v) is 13.4. The summed E-state index contributed by atoms with van der Waals surface area (Å²) in [5.41, 5.74) is 1.27. The van der Waals surface area contributed by atoms with E-state index in [1.54, 1.807) is 7.11 Å². The van der Waals surface area contributed by atoms with Crippen molar-refractivity contribution in [2.24, 2.45) is 0 Å². The van der Waals surface area contributed by atoms with E-state index >= 15 is 0 Å². The fourth-order valence-electron chi connectivity index (χ4n) is 2.44. The number of hydrogen-bond donors (Lipinski definition) is 1. The third-order valence-electron chi connectivity index (χ3n) is 3.32. The van der Waals surface area contributed by atoms with Crippen LogP contribution in [0.4, 0.5) is 0 Å². The second kappa shape index (κ2) is 6.62. The van der Waals surface area contributed by atoms with Crippen molar-refractivity contribution in [1.29, 1.82) is 0 Å². The average molecular weight is 328 g/mol. The number of halogens is 1. The molecule has 1 aromatic carbocycles. The molecule has 19 heavy (non-hydrogen) atoms. The lowest BCUT2D eigenvalue weighted by Gasteiger charge is -2.17. The first-order valence-electron chi connectivity index (χ1n) is 6.86. The summed E-state index contributed by atoms with van der Waals surface area (Å²) in [5.74, 6) is 1.61. The Morgan fingerprint density at radius 2 is 2.16 bits per heavy atom. The first-order chi connectivity index (χ1) is 9.10. The second-order valence-electron chi connectivity index (χ2n) is 5.26. The van der Waals surface area contributed by atoms with E-state index in [9.17, 15) is 0 Å². The van der Waals surface area contributed by atoms with Crippen LogP contribution in [0, 0.1) is 0 Å². The highest BCUT2D eigenvalue weighted by Crippen LogP contribution is 2.35. The SMILES string of the molecule is COc1cc(Br)c(CC2CCCN2)cc1OC(C)C. The molecule has 1 aliphatic heterocycles. The summed E-state index contributed by atoms with van der Waals surface area (Å²) in [7, 11) is 1.67. The molecule has 0 bridgehead atoms. The lowest BCUT2D eigenvalue weighted by atomic mass is 10.0. The summed E-state index contributed by atoms with van der Waals surface area (Å²) in [6, 6.07) is 4.68. The Hall–Kier alpha value is -0.740. The van der Waals surface area contributed by atoms with Gasteiger partial charge in [0.25, 0.3) is 0 Å². The van der Waals surface area contributed by atoms with Crippen LogP contribution in [0.5, 0.6) is 11.5 Å². The molecule has 1 N–H and O–H groups in total. The van der Waals surface area contributed by atoms with Crippen LogP contribution in [0.1, 0.15) is 32.3 Å². The van der Waals surface area contributed by atoms with Gasteiger partial charge in [0.05, 0.1) is 13.2 Å². The molecule has 1 aromatic rings. The molecule has 0 amide bonds. The van der Waals surface area contributed by atoms with Crippen LogP contribution in [-0.4, -0.2) is 25.8 Å². The Labute approximate surface area is 123 Å². The molecule has 3 nitrogen and oxygen atoms in total. The summed E-state index contributed by atoms with van der Waals surface area (Å²) in [5, 5.41) is 3.53.